The number of nitrogens with zero attached hydrogens (tertiary/aromatic N) is 2. The Morgan fingerprint density at radius 3 is 2.63 bits per heavy atom. The summed E-state index contributed by atoms with van der Waals surface area (Å²) in [6.07, 6.45) is 8.48. The van der Waals surface area contributed by atoms with Gasteiger partial charge in [0, 0.05) is 18.5 Å². The molecule has 0 bridgehead atoms. The second kappa shape index (κ2) is 8.33. The Balaban J connectivity index is 1.92. The van der Waals surface area contributed by atoms with Crippen LogP contribution in [-0.4, -0.2) is 34.8 Å². The molecule has 0 N–H and O–H groups in total. The van der Waals surface area contributed by atoms with Crippen LogP contribution < -0.4 is 4.74 Å². The van der Waals surface area contributed by atoms with E-state index in [4.69, 9.17) is 14.2 Å². The van der Waals surface area contributed by atoms with Crippen molar-refractivity contribution >= 4 is 17.0 Å². The van der Waals surface area contributed by atoms with Gasteiger partial charge in [-0.2, -0.15) is 0 Å². The highest BCUT2D eigenvalue weighted by molar-refractivity contribution is 6.03. The largest absolute Gasteiger partial charge is 0.498 e. The lowest BCUT2D eigenvalue weighted by Gasteiger charge is -2.27. The highest BCUT2D eigenvalue weighted by Crippen LogP contribution is 2.38. The van der Waals surface area contributed by atoms with Crippen LogP contribution in [-0.2, 0) is 9.47 Å². The quantitative estimate of drug-likeness (QED) is 0.392. The normalized spacial score (nSPS) is 15.5. The number of fused-ring (bicyclic) bond motifs is 1. The van der Waals surface area contributed by atoms with E-state index in [0.29, 0.717) is 11.9 Å². The van der Waals surface area contributed by atoms with Crippen LogP contribution in [0.25, 0.3) is 11.0 Å². The average molecular weight is 374 g/mol. The van der Waals surface area contributed by atoms with Gasteiger partial charge in [-0.3, -0.25) is 4.98 Å². The van der Waals surface area contributed by atoms with Crippen molar-refractivity contribution in [2.75, 3.05) is 13.2 Å². The second-order valence-corrected chi connectivity index (χ2v) is 6.50. The summed E-state index contributed by atoms with van der Waals surface area (Å²) >= 11 is 0. The molecule has 1 fully saturated rings. The molecule has 0 amide bonds. The minimum atomic E-state index is -0.739. The van der Waals surface area contributed by atoms with Crippen LogP contribution in [0.1, 0.15) is 49.4 Å². The lowest BCUT2D eigenvalue weighted by molar-refractivity contribution is -0.0174. The molecule has 7 heteroatoms. The molecule has 0 atom stereocenters. The minimum Gasteiger partial charge on any atom is -0.498 e. The molecule has 0 aliphatic heterocycles. The number of esters is 1. The van der Waals surface area contributed by atoms with Gasteiger partial charge in [0.05, 0.1) is 6.26 Å². The Bertz CT molecular complexity index is 834. The van der Waals surface area contributed by atoms with E-state index in [2.05, 4.69) is 16.5 Å². The van der Waals surface area contributed by atoms with Gasteiger partial charge in [0.25, 0.3) is 0 Å². The van der Waals surface area contributed by atoms with Crippen LogP contribution in [0, 0.1) is 5.82 Å². The lowest BCUT2D eigenvalue weighted by Crippen LogP contribution is -2.31. The maximum atomic E-state index is 14.8. The zero-order chi connectivity index (χ0) is 19.3. The third-order valence-electron chi connectivity index (χ3n) is 4.91. The molecule has 1 aliphatic carbocycles. The van der Waals surface area contributed by atoms with Gasteiger partial charge in [-0.15, -0.1) is 0 Å². The molecule has 0 radical (unpaired) electrons. The highest BCUT2D eigenvalue weighted by Gasteiger charge is 2.37. The van der Waals surface area contributed by atoms with Gasteiger partial charge in [-0.1, -0.05) is 13.5 Å². The number of aromatic nitrogens is 2. The van der Waals surface area contributed by atoms with Gasteiger partial charge in [0.2, 0.25) is 0 Å². The Morgan fingerprint density at radius 2 is 1.96 bits per heavy atom. The average Bonchev–Trinajstić information content (AvgIpc) is 3.14. The Hall–Kier alpha value is -2.70. The number of halogens is 1. The SMILES string of the molecule is C=COCCOc1cc(F)c(C(=O)OC2(CC)CCCC2)c2nccnc12. The zero-order valence-electron chi connectivity index (χ0n) is 15.4. The summed E-state index contributed by atoms with van der Waals surface area (Å²) in [5.74, 6) is -1.24. The van der Waals surface area contributed by atoms with Crippen molar-refractivity contribution in [2.45, 2.75) is 44.6 Å². The molecule has 3 rings (SSSR count). The number of hydrogen-bond donors (Lipinski definition) is 0. The van der Waals surface area contributed by atoms with Crippen LogP contribution in [0.15, 0.2) is 31.3 Å². The molecule has 144 valence electrons. The van der Waals surface area contributed by atoms with Gasteiger partial charge >= 0.3 is 5.97 Å². The Kier molecular flexibility index (Phi) is 5.88. The number of hydrogen-bond acceptors (Lipinski definition) is 6. The van der Waals surface area contributed by atoms with Crippen molar-refractivity contribution < 1.29 is 23.4 Å². The maximum Gasteiger partial charge on any atom is 0.343 e. The first-order valence-corrected chi connectivity index (χ1v) is 9.12. The first kappa shape index (κ1) is 19.1. The van der Waals surface area contributed by atoms with E-state index >= 15 is 0 Å². The first-order valence-electron chi connectivity index (χ1n) is 9.12. The summed E-state index contributed by atoms with van der Waals surface area (Å²) in [4.78, 5) is 21.2. The maximum absolute atomic E-state index is 14.8. The van der Waals surface area contributed by atoms with Crippen molar-refractivity contribution in [3.8, 4) is 5.75 Å². The van der Waals surface area contributed by atoms with Gasteiger partial charge in [0.15, 0.2) is 0 Å². The predicted octanol–water partition coefficient (Wildman–Crippen LogP) is 4.19. The molecule has 27 heavy (non-hydrogen) atoms. The summed E-state index contributed by atoms with van der Waals surface area (Å²) < 4.78 is 31.1. The highest BCUT2D eigenvalue weighted by atomic mass is 19.1. The van der Waals surface area contributed by atoms with E-state index < -0.39 is 17.4 Å². The molecule has 0 spiro atoms. The first-order chi connectivity index (χ1) is 13.1. The molecule has 0 saturated heterocycles. The van der Waals surface area contributed by atoms with Crippen molar-refractivity contribution in [2.24, 2.45) is 0 Å². The smallest absolute Gasteiger partial charge is 0.343 e. The topological polar surface area (TPSA) is 70.5 Å². The van der Waals surface area contributed by atoms with Crippen LogP contribution in [0.4, 0.5) is 4.39 Å². The summed E-state index contributed by atoms with van der Waals surface area (Å²) in [5, 5.41) is 0. The standard InChI is InChI=1S/C20H23FN2O4/c1-3-20(7-5-6-8-20)27-19(24)16-14(21)13-15(26-12-11-25-4-2)17-18(16)23-10-9-22-17/h4,9-10,13H,2-3,5-8,11-12H2,1H3. The fraction of sp³-hybridized carbons (Fsp3) is 0.450. The van der Waals surface area contributed by atoms with Crippen molar-refractivity contribution in [3.63, 3.8) is 0 Å². The Morgan fingerprint density at radius 1 is 1.26 bits per heavy atom. The van der Waals surface area contributed by atoms with E-state index in [9.17, 15) is 9.18 Å². The third-order valence-corrected chi connectivity index (χ3v) is 4.91. The number of benzene rings is 1. The fourth-order valence-electron chi connectivity index (χ4n) is 3.45. The molecule has 1 aromatic carbocycles. The number of carbonyl (C=O) groups is 1. The number of ether oxygens (including phenoxy) is 3. The summed E-state index contributed by atoms with van der Waals surface area (Å²) in [6.45, 7) is 5.86. The van der Waals surface area contributed by atoms with Crippen molar-refractivity contribution in [1.82, 2.24) is 9.97 Å². The van der Waals surface area contributed by atoms with E-state index in [1.807, 2.05) is 6.92 Å². The van der Waals surface area contributed by atoms with E-state index in [0.717, 1.165) is 31.7 Å². The van der Waals surface area contributed by atoms with Crippen molar-refractivity contribution in [3.05, 3.63) is 42.7 Å². The second-order valence-electron chi connectivity index (χ2n) is 6.50. The lowest BCUT2D eigenvalue weighted by atomic mass is 9.98. The summed E-state index contributed by atoms with van der Waals surface area (Å²) in [6, 6.07) is 1.15. The van der Waals surface area contributed by atoms with Crippen LogP contribution in [0.3, 0.4) is 0 Å². The van der Waals surface area contributed by atoms with E-state index in [1.54, 1.807) is 0 Å². The van der Waals surface area contributed by atoms with Gasteiger partial charge in [-0.25, -0.2) is 14.2 Å². The molecule has 1 heterocycles. The van der Waals surface area contributed by atoms with E-state index in [-0.39, 0.29) is 30.0 Å². The van der Waals surface area contributed by atoms with Gasteiger partial charge in [0.1, 0.15) is 47.0 Å². The third kappa shape index (κ3) is 4.02. The van der Waals surface area contributed by atoms with Gasteiger partial charge in [-0.05, 0) is 32.1 Å². The molecule has 1 aromatic heterocycles. The molecule has 1 saturated carbocycles. The molecular weight excluding hydrogens is 351 g/mol. The van der Waals surface area contributed by atoms with Gasteiger partial charge < -0.3 is 14.2 Å². The van der Waals surface area contributed by atoms with Crippen LogP contribution in [0.2, 0.25) is 0 Å². The Labute approximate surface area is 157 Å². The monoisotopic (exact) mass is 374 g/mol. The molecule has 1 aliphatic rings. The molecule has 6 nitrogen and oxygen atoms in total. The minimum absolute atomic E-state index is 0.131. The number of rotatable bonds is 8. The van der Waals surface area contributed by atoms with Crippen LogP contribution in [0.5, 0.6) is 5.75 Å². The molecule has 0 unspecified atom stereocenters. The van der Waals surface area contributed by atoms with E-state index in [1.165, 1.54) is 18.7 Å². The number of carbonyl (C=O) groups excluding carboxylic acids is 1. The molecule has 2 aromatic rings. The predicted molar refractivity (Wildman–Crippen MR) is 98.0 cm³/mol. The zero-order valence-corrected chi connectivity index (χ0v) is 15.4. The van der Waals surface area contributed by atoms with Crippen molar-refractivity contribution in [1.29, 1.82) is 0 Å². The fourth-order valence-corrected chi connectivity index (χ4v) is 3.45. The summed E-state index contributed by atoms with van der Waals surface area (Å²) in [5.41, 5.74) is -0.282. The molecular formula is C20H23FN2O4. The summed E-state index contributed by atoms with van der Waals surface area (Å²) in [7, 11) is 0. The van der Waals surface area contributed by atoms with Crippen LogP contribution >= 0.6 is 0 Å².